The summed E-state index contributed by atoms with van der Waals surface area (Å²) in [6, 6.07) is 5.90. The molecule has 0 bridgehead atoms. The van der Waals surface area contributed by atoms with Crippen molar-refractivity contribution in [1.29, 1.82) is 0 Å². The van der Waals surface area contributed by atoms with Crippen molar-refractivity contribution < 1.29 is 14.2 Å². The van der Waals surface area contributed by atoms with Crippen molar-refractivity contribution in [1.82, 2.24) is 4.98 Å². The van der Waals surface area contributed by atoms with Gasteiger partial charge in [-0.25, -0.2) is 4.98 Å². The Hall–Kier alpha value is -1.37. The minimum atomic E-state index is -0.227. The van der Waals surface area contributed by atoms with Crippen LogP contribution in [-0.4, -0.2) is 44.6 Å². The van der Waals surface area contributed by atoms with Gasteiger partial charge in [0.15, 0.2) is 5.13 Å². The number of fused-ring (bicyclic) bond motifs is 1. The maximum Gasteiger partial charge on any atom is 0.183 e. The predicted molar refractivity (Wildman–Crippen MR) is 79.8 cm³/mol. The van der Waals surface area contributed by atoms with Crippen molar-refractivity contribution in [3.8, 4) is 5.75 Å². The van der Waals surface area contributed by atoms with Crippen LogP contribution in [0.2, 0.25) is 0 Å². The van der Waals surface area contributed by atoms with Crippen LogP contribution in [-0.2, 0) is 9.47 Å². The summed E-state index contributed by atoms with van der Waals surface area (Å²) < 4.78 is 17.4. The van der Waals surface area contributed by atoms with Gasteiger partial charge in [0.05, 0.1) is 23.9 Å². The average molecular weight is 294 g/mol. The SMILES string of the molecule is COc1ccc2nc(NCC3(OC)CCOC3)sc2c1. The summed E-state index contributed by atoms with van der Waals surface area (Å²) in [5.74, 6) is 0.852. The fourth-order valence-electron chi connectivity index (χ4n) is 2.31. The van der Waals surface area contributed by atoms with Gasteiger partial charge in [-0.3, -0.25) is 0 Å². The molecular weight excluding hydrogens is 276 g/mol. The van der Waals surface area contributed by atoms with E-state index in [1.807, 2.05) is 18.2 Å². The molecule has 0 amide bonds. The van der Waals surface area contributed by atoms with Crippen LogP contribution in [0.4, 0.5) is 5.13 Å². The number of hydrogen-bond donors (Lipinski definition) is 1. The Morgan fingerprint density at radius 2 is 2.35 bits per heavy atom. The molecule has 0 aliphatic carbocycles. The summed E-state index contributed by atoms with van der Waals surface area (Å²) in [4.78, 5) is 4.57. The fraction of sp³-hybridized carbons (Fsp3) is 0.500. The van der Waals surface area contributed by atoms with Gasteiger partial charge in [0.1, 0.15) is 11.4 Å². The molecule has 108 valence electrons. The maximum atomic E-state index is 5.60. The average Bonchev–Trinajstić information content (AvgIpc) is 3.11. The van der Waals surface area contributed by atoms with E-state index in [1.54, 1.807) is 25.6 Å². The van der Waals surface area contributed by atoms with Gasteiger partial charge in [0, 0.05) is 26.7 Å². The smallest absolute Gasteiger partial charge is 0.183 e. The van der Waals surface area contributed by atoms with E-state index in [9.17, 15) is 0 Å². The van der Waals surface area contributed by atoms with Crippen LogP contribution in [0, 0.1) is 0 Å². The molecule has 6 heteroatoms. The molecule has 1 saturated heterocycles. The van der Waals surface area contributed by atoms with Crippen LogP contribution < -0.4 is 10.1 Å². The van der Waals surface area contributed by atoms with Crippen LogP contribution in [0.1, 0.15) is 6.42 Å². The van der Waals surface area contributed by atoms with Crippen LogP contribution >= 0.6 is 11.3 Å². The van der Waals surface area contributed by atoms with Gasteiger partial charge >= 0.3 is 0 Å². The molecule has 0 radical (unpaired) electrons. The highest BCUT2D eigenvalue weighted by atomic mass is 32.1. The molecule has 2 heterocycles. The largest absolute Gasteiger partial charge is 0.497 e. The Morgan fingerprint density at radius 3 is 3.05 bits per heavy atom. The van der Waals surface area contributed by atoms with Crippen LogP contribution in [0.5, 0.6) is 5.75 Å². The van der Waals surface area contributed by atoms with E-state index in [0.29, 0.717) is 13.2 Å². The Labute approximate surface area is 121 Å². The number of rotatable bonds is 5. The molecule has 1 N–H and O–H groups in total. The molecule has 1 fully saturated rings. The summed E-state index contributed by atoms with van der Waals surface area (Å²) in [7, 11) is 3.41. The second kappa shape index (κ2) is 5.55. The lowest BCUT2D eigenvalue weighted by Crippen LogP contribution is -2.39. The lowest BCUT2D eigenvalue weighted by atomic mass is 10.0. The minimum Gasteiger partial charge on any atom is -0.497 e. The van der Waals surface area contributed by atoms with E-state index in [2.05, 4.69) is 10.3 Å². The van der Waals surface area contributed by atoms with Gasteiger partial charge in [-0.15, -0.1) is 0 Å². The lowest BCUT2D eigenvalue weighted by Gasteiger charge is -2.25. The lowest BCUT2D eigenvalue weighted by molar-refractivity contribution is -0.00619. The number of methoxy groups -OCH3 is 2. The number of anilines is 1. The number of nitrogens with zero attached hydrogens (tertiary/aromatic N) is 1. The highest BCUT2D eigenvalue weighted by Crippen LogP contribution is 2.30. The number of aromatic nitrogens is 1. The van der Waals surface area contributed by atoms with Gasteiger partial charge in [-0.05, 0) is 18.2 Å². The monoisotopic (exact) mass is 294 g/mol. The van der Waals surface area contributed by atoms with Gasteiger partial charge in [0.2, 0.25) is 0 Å². The predicted octanol–water partition coefficient (Wildman–Crippen LogP) is 2.52. The van der Waals surface area contributed by atoms with E-state index in [4.69, 9.17) is 14.2 Å². The summed E-state index contributed by atoms with van der Waals surface area (Å²) in [5.41, 5.74) is 0.752. The van der Waals surface area contributed by atoms with Crippen molar-refractivity contribution in [2.45, 2.75) is 12.0 Å². The van der Waals surface area contributed by atoms with E-state index >= 15 is 0 Å². The Balaban J connectivity index is 1.74. The fourth-order valence-corrected chi connectivity index (χ4v) is 3.20. The molecule has 1 aromatic heterocycles. The molecule has 1 aromatic carbocycles. The molecule has 5 nitrogen and oxygen atoms in total. The minimum absolute atomic E-state index is 0.227. The molecule has 1 atom stereocenters. The quantitative estimate of drug-likeness (QED) is 0.918. The molecule has 1 aliphatic rings. The molecule has 3 rings (SSSR count). The highest BCUT2D eigenvalue weighted by Gasteiger charge is 2.34. The maximum absolute atomic E-state index is 5.60. The van der Waals surface area contributed by atoms with Crippen LogP contribution in [0.3, 0.4) is 0 Å². The first-order valence-corrected chi connectivity index (χ1v) is 7.38. The van der Waals surface area contributed by atoms with Crippen LogP contribution in [0.15, 0.2) is 18.2 Å². The third-order valence-corrected chi connectivity index (χ3v) is 4.63. The first-order chi connectivity index (χ1) is 9.74. The van der Waals surface area contributed by atoms with Gasteiger partial charge < -0.3 is 19.5 Å². The molecule has 1 aliphatic heterocycles. The number of ether oxygens (including phenoxy) is 3. The summed E-state index contributed by atoms with van der Waals surface area (Å²) in [5, 5.41) is 4.27. The number of thiazole rings is 1. The molecule has 0 saturated carbocycles. The van der Waals surface area contributed by atoms with Crippen molar-refractivity contribution in [3.05, 3.63) is 18.2 Å². The van der Waals surface area contributed by atoms with Gasteiger partial charge in [0.25, 0.3) is 0 Å². The Bertz CT molecular complexity index is 593. The zero-order valence-electron chi connectivity index (χ0n) is 11.6. The molecule has 1 unspecified atom stereocenters. The normalized spacial score (nSPS) is 22.3. The second-order valence-corrected chi connectivity index (χ2v) is 5.93. The number of hydrogen-bond acceptors (Lipinski definition) is 6. The first kappa shape index (κ1) is 13.6. The third-order valence-electron chi connectivity index (χ3n) is 3.66. The van der Waals surface area contributed by atoms with Gasteiger partial charge in [-0.2, -0.15) is 0 Å². The number of benzene rings is 1. The Morgan fingerprint density at radius 1 is 1.45 bits per heavy atom. The van der Waals surface area contributed by atoms with Crippen molar-refractivity contribution in [2.75, 3.05) is 39.3 Å². The first-order valence-electron chi connectivity index (χ1n) is 6.56. The molecule has 2 aromatic rings. The molecule has 0 spiro atoms. The zero-order valence-corrected chi connectivity index (χ0v) is 12.5. The molecule has 20 heavy (non-hydrogen) atoms. The van der Waals surface area contributed by atoms with Crippen molar-refractivity contribution in [3.63, 3.8) is 0 Å². The van der Waals surface area contributed by atoms with E-state index in [1.165, 1.54) is 0 Å². The zero-order chi connectivity index (χ0) is 14.0. The van der Waals surface area contributed by atoms with E-state index < -0.39 is 0 Å². The summed E-state index contributed by atoms with van der Waals surface area (Å²) >= 11 is 1.62. The molecular formula is C14H18N2O3S. The number of nitrogens with one attached hydrogen (secondary N) is 1. The second-order valence-electron chi connectivity index (χ2n) is 4.90. The van der Waals surface area contributed by atoms with E-state index in [-0.39, 0.29) is 5.60 Å². The van der Waals surface area contributed by atoms with Crippen LogP contribution in [0.25, 0.3) is 10.2 Å². The summed E-state index contributed by atoms with van der Waals surface area (Å²) in [6.07, 6.45) is 0.912. The van der Waals surface area contributed by atoms with Crippen molar-refractivity contribution >= 4 is 26.7 Å². The van der Waals surface area contributed by atoms with Gasteiger partial charge in [-0.1, -0.05) is 11.3 Å². The third kappa shape index (κ3) is 2.59. The summed E-state index contributed by atoms with van der Waals surface area (Å²) in [6.45, 7) is 2.10. The standard InChI is InChI=1S/C14H18N2O3S/c1-17-10-3-4-11-12(7-10)20-13(16-11)15-8-14(18-2)5-6-19-9-14/h3-4,7H,5-6,8-9H2,1-2H3,(H,15,16). The Kier molecular flexibility index (Phi) is 3.78. The topological polar surface area (TPSA) is 52.6 Å². The van der Waals surface area contributed by atoms with Crippen molar-refractivity contribution in [2.24, 2.45) is 0 Å². The van der Waals surface area contributed by atoms with E-state index in [0.717, 1.165) is 34.1 Å². The highest BCUT2D eigenvalue weighted by molar-refractivity contribution is 7.22.